The third-order valence-electron chi connectivity index (χ3n) is 3.91. The van der Waals surface area contributed by atoms with Crippen molar-refractivity contribution < 1.29 is 4.79 Å². The van der Waals surface area contributed by atoms with E-state index in [9.17, 15) is 4.79 Å². The first kappa shape index (κ1) is 17.0. The van der Waals surface area contributed by atoms with E-state index >= 15 is 0 Å². The number of nitrogens with one attached hydrogen (secondary N) is 1. The maximum absolute atomic E-state index is 13.2. The smallest absolute Gasteiger partial charge is 0.278 e. The molecule has 0 aliphatic heterocycles. The summed E-state index contributed by atoms with van der Waals surface area (Å²) in [4.78, 5) is 21.2. The normalized spacial score (nSPS) is 11.2. The van der Waals surface area contributed by atoms with Crippen LogP contribution >= 0.6 is 0 Å². The predicted molar refractivity (Wildman–Crippen MR) is 97.1 cm³/mol. The van der Waals surface area contributed by atoms with Crippen molar-refractivity contribution in [3.8, 4) is 0 Å². The molecule has 3 rings (SSSR count). The number of rotatable bonds is 7. The molecule has 0 fully saturated rings. The summed E-state index contributed by atoms with van der Waals surface area (Å²) in [7, 11) is 0. The van der Waals surface area contributed by atoms with Gasteiger partial charge in [-0.05, 0) is 37.1 Å². The topological polar surface area (TPSA) is 78.0 Å². The van der Waals surface area contributed by atoms with Gasteiger partial charge in [-0.2, -0.15) is 5.10 Å². The summed E-state index contributed by atoms with van der Waals surface area (Å²) < 4.78 is 0. The molecule has 2 aromatic heterocycles. The zero-order valence-corrected chi connectivity index (χ0v) is 14.5. The SMILES string of the molecule is CCCN(CCC)N(C(=O)c1ccncn1)c1ccc2[nH]ncc2c1. The van der Waals surface area contributed by atoms with Crippen LogP contribution in [0.4, 0.5) is 5.69 Å². The van der Waals surface area contributed by atoms with E-state index in [1.807, 2.05) is 18.2 Å². The van der Waals surface area contributed by atoms with Crippen LogP contribution in [0.5, 0.6) is 0 Å². The molecule has 0 aliphatic carbocycles. The molecule has 0 saturated heterocycles. The number of nitrogens with zero attached hydrogens (tertiary/aromatic N) is 5. The molecule has 2 heterocycles. The number of aromatic amines is 1. The van der Waals surface area contributed by atoms with Crippen molar-refractivity contribution in [1.82, 2.24) is 25.2 Å². The van der Waals surface area contributed by atoms with Crippen LogP contribution in [0.25, 0.3) is 10.9 Å². The molecule has 0 saturated carbocycles. The van der Waals surface area contributed by atoms with Gasteiger partial charge in [0.25, 0.3) is 5.91 Å². The number of aromatic nitrogens is 4. The summed E-state index contributed by atoms with van der Waals surface area (Å²) in [6.07, 6.45) is 6.63. The molecule has 25 heavy (non-hydrogen) atoms. The van der Waals surface area contributed by atoms with Gasteiger partial charge in [-0.3, -0.25) is 9.89 Å². The first-order chi connectivity index (χ1) is 12.2. The van der Waals surface area contributed by atoms with Gasteiger partial charge in [-0.1, -0.05) is 13.8 Å². The Bertz CT molecular complexity index is 826. The van der Waals surface area contributed by atoms with Crippen molar-refractivity contribution in [3.63, 3.8) is 0 Å². The summed E-state index contributed by atoms with van der Waals surface area (Å²) >= 11 is 0. The maximum Gasteiger partial charge on any atom is 0.291 e. The first-order valence-electron chi connectivity index (χ1n) is 8.53. The Labute approximate surface area is 146 Å². The van der Waals surface area contributed by atoms with Crippen LogP contribution in [0.2, 0.25) is 0 Å². The molecule has 0 atom stereocenters. The van der Waals surface area contributed by atoms with E-state index in [0.29, 0.717) is 5.69 Å². The average Bonchev–Trinajstić information content (AvgIpc) is 3.11. The monoisotopic (exact) mass is 338 g/mol. The highest BCUT2D eigenvalue weighted by molar-refractivity contribution is 6.04. The predicted octanol–water partition coefficient (Wildman–Crippen LogP) is 3.04. The lowest BCUT2D eigenvalue weighted by atomic mass is 10.2. The first-order valence-corrected chi connectivity index (χ1v) is 8.53. The summed E-state index contributed by atoms with van der Waals surface area (Å²) in [6, 6.07) is 7.48. The van der Waals surface area contributed by atoms with E-state index < -0.39 is 0 Å². The number of fused-ring (bicyclic) bond motifs is 1. The molecule has 3 aromatic rings. The second kappa shape index (κ2) is 7.85. The zero-order chi connectivity index (χ0) is 17.6. The lowest BCUT2D eigenvalue weighted by Crippen LogP contribution is -2.48. The molecule has 1 N–H and O–H groups in total. The van der Waals surface area contributed by atoms with Crippen LogP contribution in [0.1, 0.15) is 37.2 Å². The third kappa shape index (κ3) is 3.66. The fraction of sp³-hybridized carbons (Fsp3) is 0.333. The summed E-state index contributed by atoms with van der Waals surface area (Å²) in [5.41, 5.74) is 2.12. The average molecular weight is 338 g/mol. The molecule has 7 heteroatoms. The number of carbonyl (C=O) groups excluding carboxylic acids is 1. The molecular weight excluding hydrogens is 316 g/mol. The summed E-state index contributed by atoms with van der Waals surface area (Å²) in [5, 5.41) is 11.8. The van der Waals surface area contributed by atoms with E-state index in [4.69, 9.17) is 0 Å². The van der Waals surface area contributed by atoms with E-state index in [2.05, 4.69) is 39.0 Å². The number of hydrogen-bond acceptors (Lipinski definition) is 5. The number of amides is 1. The van der Waals surface area contributed by atoms with Crippen molar-refractivity contribution in [3.05, 3.63) is 48.7 Å². The molecule has 0 bridgehead atoms. The highest BCUT2D eigenvalue weighted by Crippen LogP contribution is 2.24. The fourth-order valence-electron chi connectivity index (χ4n) is 2.82. The van der Waals surface area contributed by atoms with Crippen LogP contribution in [0, 0.1) is 0 Å². The Morgan fingerprint density at radius 2 is 1.96 bits per heavy atom. The molecular formula is C18H22N6O. The molecule has 0 spiro atoms. The van der Waals surface area contributed by atoms with Gasteiger partial charge in [-0.25, -0.2) is 20.0 Å². The second-order valence-electron chi connectivity index (χ2n) is 5.81. The van der Waals surface area contributed by atoms with Crippen molar-refractivity contribution in [2.75, 3.05) is 18.1 Å². The van der Waals surface area contributed by atoms with Crippen LogP contribution in [-0.2, 0) is 0 Å². The van der Waals surface area contributed by atoms with Crippen LogP contribution < -0.4 is 5.01 Å². The van der Waals surface area contributed by atoms with E-state index in [0.717, 1.165) is 42.5 Å². The number of carbonyl (C=O) groups is 1. The van der Waals surface area contributed by atoms with Gasteiger partial charge in [-0.15, -0.1) is 0 Å². The van der Waals surface area contributed by atoms with Crippen molar-refractivity contribution in [2.45, 2.75) is 26.7 Å². The highest BCUT2D eigenvalue weighted by Gasteiger charge is 2.25. The molecule has 0 radical (unpaired) electrons. The number of benzene rings is 1. The van der Waals surface area contributed by atoms with Crippen molar-refractivity contribution in [1.29, 1.82) is 0 Å². The molecule has 1 amide bonds. The minimum absolute atomic E-state index is 0.160. The van der Waals surface area contributed by atoms with Crippen LogP contribution in [0.15, 0.2) is 43.0 Å². The second-order valence-corrected chi connectivity index (χ2v) is 5.81. The van der Waals surface area contributed by atoms with E-state index in [1.165, 1.54) is 6.33 Å². The number of anilines is 1. The largest absolute Gasteiger partial charge is 0.291 e. The van der Waals surface area contributed by atoms with Gasteiger partial charge < -0.3 is 0 Å². The number of H-pyrrole nitrogens is 1. The molecule has 7 nitrogen and oxygen atoms in total. The van der Waals surface area contributed by atoms with Crippen LogP contribution in [0.3, 0.4) is 0 Å². The number of hydrogen-bond donors (Lipinski definition) is 1. The summed E-state index contributed by atoms with van der Waals surface area (Å²) in [6.45, 7) is 5.78. The van der Waals surface area contributed by atoms with Gasteiger partial charge in [0.2, 0.25) is 0 Å². The van der Waals surface area contributed by atoms with Gasteiger partial charge >= 0.3 is 0 Å². The Morgan fingerprint density at radius 1 is 1.16 bits per heavy atom. The van der Waals surface area contributed by atoms with Gasteiger partial charge in [0, 0.05) is 24.7 Å². The zero-order valence-electron chi connectivity index (χ0n) is 14.5. The van der Waals surface area contributed by atoms with E-state index in [-0.39, 0.29) is 5.91 Å². The van der Waals surface area contributed by atoms with Gasteiger partial charge in [0.1, 0.15) is 12.0 Å². The van der Waals surface area contributed by atoms with Crippen molar-refractivity contribution >= 4 is 22.5 Å². The Kier molecular flexibility index (Phi) is 5.35. The molecule has 130 valence electrons. The Morgan fingerprint density at radius 3 is 2.64 bits per heavy atom. The minimum atomic E-state index is -0.160. The number of hydrazine groups is 1. The van der Waals surface area contributed by atoms with Gasteiger partial charge in [0.15, 0.2) is 0 Å². The summed E-state index contributed by atoms with van der Waals surface area (Å²) in [5.74, 6) is -0.160. The standard InChI is InChI=1S/C18H22N6O/c1-3-9-23(10-4-2)24(18(25)17-7-8-19-13-20-17)15-5-6-16-14(11-15)12-21-22-16/h5-8,11-13H,3-4,9-10H2,1-2H3,(H,21,22). The minimum Gasteiger partial charge on any atom is -0.278 e. The van der Waals surface area contributed by atoms with E-state index in [1.54, 1.807) is 23.5 Å². The Hall–Kier alpha value is -2.80. The maximum atomic E-state index is 13.2. The lowest BCUT2D eigenvalue weighted by molar-refractivity contribution is 0.0888. The van der Waals surface area contributed by atoms with Crippen LogP contribution in [-0.4, -0.2) is 44.2 Å². The lowest BCUT2D eigenvalue weighted by Gasteiger charge is -2.34. The molecule has 0 aliphatic rings. The molecule has 0 unspecified atom stereocenters. The quantitative estimate of drug-likeness (QED) is 0.670. The van der Waals surface area contributed by atoms with Crippen molar-refractivity contribution in [2.24, 2.45) is 0 Å². The van der Waals surface area contributed by atoms with Gasteiger partial charge in [0.05, 0.1) is 17.4 Å². The Balaban J connectivity index is 2.04. The fourth-order valence-corrected chi connectivity index (χ4v) is 2.82. The highest BCUT2D eigenvalue weighted by atomic mass is 16.2. The third-order valence-corrected chi connectivity index (χ3v) is 3.91. The molecule has 1 aromatic carbocycles.